The van der Waals surface area contributed by atoms with E-state index in [1.165, 1.54) is 0 Å². The van der Waals surface area contributed by atoms with Crippen LogP contribution in [0.2, 0.25) is 0 Å². The van der Waals surface area contributed by atoms with E-state index in [2.05, 4.69) is 13.5 Å². The Kier molecular flexibility index (Phi) is 10.2. The largest absolute Gasteiger partial charge is 0.459 e. The van der Waals surface area contributed by atoms with Crippen LogP contribution in [-0.2, 0) is 23.8 Å². The molecule has 5 nitrogen and oxygen atoms in total. The minimum absolute atomic E-state index is 0.130. The second-order valence-corrected chi connectivity index (χ2v) is 8.65. The summed E-state index contributed by atoms with van der Waals surface area (Å²) in [5.41, 5.74) is -0.494. The van der Waals surface area contributed by atoms with Crippen LogP contribution in [0.3, 0.4) is 0 Å². The summed E-state index contributed by atoms with van der Waals surface area (Å²) < 4.78 is 17.1. The van der Waals surface area contributed by atoms with Crippen molar-refractivity contribution in [1.82, 2.24) is 0 Å². The summed E-state index contributed by atoms with van der Waals surface area (Å²) in [7, 11) is 0. The van der Waals surface area contributed by atoms with Crippen LogP contribution in [0.4, 0.5) is 0 Å². The predicted octanol–water partition coefficient (Wildman–Crippen LogP) is 5.51. The van der Waals surface area contributed by atoms with E-state index in [1.807, 2.05) is 20.8 Å². The number of rotatable bonds is 13. The summed E-state index contributed by atoms with van der Waals surface area (Å²) in [4.78, 5) is 24.1. The second kappa shape index (κ2) is 11.6. The Hall–Kier alpha value is -1.36. The fourth-order valence-corrected chi connectivity index (χ4v) is 3.43. The van der Waals surface area contributed by atoms with Crippen molar-refractivity contribution in [3.8, 4) is 0 Å². The zero-order valence-corrected chi connectivity index (χ0v) is 18.6. The SMILES string of the molecule is C=C(C)C(=O)OC(C)(CC)CCCCCC(=O)OC(C)(CC)CC1CCCO1. The van der Waals surface area contributed by atoms with Crippen molar-refractivity contribution in [3.63, 3.8) is 0 Å². The number of carbonyl (C=O) groups excluding carboxylic acids is 2. The van der Waals surface area contributed by atoms with Gasteiger partial charge in [0.1, 0.15) is 11.2 Å². The molecule has 0 aliphatic carbocycles. The standard InChI is InChI=1S/C23H40O5/c1-7-22(5,28-21(25)18(3)4)15-11-9-10-14-20(24)27-23(6,8-2)17-19-13-12-16-26-19/h19H,3,7-17H2,1-2,4-6H3. The molecule has 0 saturated carbocycles. The lowest BCUT2D eigenvalue weighted by molar-refractivity contribution is -0.161. The van der Waals surface area contributed by atoms with Gasteiger partial charge in [0.25, 0.3) is 0 Å². The summed E-state index contributed by atoms with van der Waals surface area (Å²) in [5, 5.41) is 0. The average molecular weight is 397 g/mol. The van der Waals surface area contributed by atoms with E-state index in [0.717, 1.165) is 64.4 Å². The van der Waals surface area contributed by atoms with Crippen molar-refractivity contribution in [1.29, 1.82) is 0 Å². The van der Waals surface area contributed by atoms with E-state index in [-0.39, 0.29) is 18.0 Å². The molecule has 0 aromatic carbocycles. The van der Waals surface area contributed by atoms with Crippen LogP contribution in [0.1, 0.15) is 98.8 Å². The van der Waals surface area contributed by atoms with Crippen molar-refractivity contribution in [2.24, 2.45) is 0 Å². The maximum atomic E-state index is 12.3. The Labute approximate surface area is 171 Å². The number of carbonyl (C=O) groups is 2. The smallest absolute Gasteiger partial charge is 0.333 e. The van der Waals surface area contributed by atoms with Gasteiger partial charge < -0.3 is 14.2 Å². The van der Waals surface area contributed by atoms with E-state index in [1.54, 1.807) is 6.92 Å². The van der Waals surface area contributed by atoms with Crippen LogP contribution >= 0.6 is 0 Å². The molecule has 1 aliphatic heterocycles. The highest BCUT2D eigenvalue weighted by atomic mass is 16.6. The zero-order valence-electron chi connectivity index (χ0n) is 18.6. The molecule has 0 N–H and O–H groups in total. The third-order valence-electron chi connectivity index (χ3n) is 5.81. The quantitative estimate of drug-likeness (QED) is 0.233. The Morgan fingerprint density at radius 3 is 2.29 bits per heavy atom. The number of hydrogen-bond acceptors (Lipinski definition) is 5. The van der Waals surface area contributed by atoms with Crippen molar-refractivity contribution in [2.45, 2.75) is 116 Å². The molecule has 0 amide bonds. The molecule has 0 spiro atoms. The van der Waals surface area contributed by atoms with Crippen molar-refractivity contribution < 1.29 is 23.8 Å². The molecule has 0 aromatic heterocycles. The van der Waals surface area contributed by atoms with Gasteiger partial charge in [-0.1, -0.05) is 26.8 Å². The van der Waals surface area contributed by atoms with Gasteiger partial charge in [-0.15, -0.1) is 0 Å². The van der Waals surface area contributed by atoms with Crippen LogP contribution in [0.15, 0.2) is 12.2 Å². The third-order valence-corrected chi connectivity index (χ3v) is 5.81. The van der Waals surface area contributed by atoms with Crippen molar-refractivity contribution in [3.05, 3.63) is 12.2 Å². The van der Waals surface area contributed by atoms with Gasteiger partial charge in [0.2, 0.25) is 0 Å². The molecule has 1 aliphatic rings. The van der Waals surface area contributed by atoms with E-state index in [9.17, 15) is 9.59 Å². The molecule has 3 atom stereocenters. The van der Waals surface area contributed by atoms with Crippen LogP contribution in [0.25, 0.3) is 0 Å². The molecule has 3 unspecified atom stereocenters. The van der Waals surface area contributed by atoms with Gasteiger partial charge in [-0.05, 0) is 65.7 Å². The number of ether oxygens (including phenoxy) is 3. The Bertz CT molecular complexity index is 523. The van der Waals surface area contributed by atoms with Gasteiger partial charge in [-0.3, -0.25) is 4.79 Å². The Morgan fingerprint density at radius 1 is 1.07 bits per heavy atom. The predicted molar refractivity (Wildman–Crippen MR) is 111 cm³/mol. The maximum absolute atomic E-state index is 12.3. The molecule has 1 fully saturated rings. The molecular weight excluding hydrogens is 356 g/mol. The summed E-state index contributed by atoms with van der Waals surface area (Å²) in [6.45, 7) is 14.2. The van der Waals surface area contributed by atoms with Gasteiger partial charge in [0.15, 0.2) is 0 Å². The van der Waals surface area contributed by atoms with E-state index in [4.69, 9.17) is 14.2 Å². The first-order chi connectivity index (χ1) is 13.1. The average Bonchev–Trinajstić information content (AvgIpc) is 3.13. The first-order valence-electron chi connectivity index (χ1n) is 10.9. The molecule has 28 heavy (non-hydrogen) atoms. The fraction of sp³-hybridized carbons (Fsp3) is 0.826. The van der Waals surface area contributed by atoms with Crippen molar-refractivity contribution in [2.75, 3.05) is 6.61 Å². The summed E-state index contributed by atoms with van der Waals surface area (Å²) >= 11 is 0. The molecule has 1 heterocycles. The first kappa shape index (κ1) is 24.7. The Morgan fingerprint density at radius 2 is 1.75 bits per heavy atom. The summed E-state index contributed by atoms with van der Waals surface area (Å²) in [6, 6.07) is 0. The maximum Gasteiger partial charge on any atom is 0.333 e. The second-order valence-electron chi connectivity index (χ2n) is 8.65. The van der Waals surface area contributed by atoms with Gasteiger partial charge in [0, 0.05) is 25.0 Å². The minimum Gasteiger partial charge on any atom is -0.459 e. The van der Waals surface area contributed by atoms with Gasteiger partial charge >= 0.3 is 11.9 Å². The van der Waals surface area contributed by atoms with Crippen LogP contribution < -0.4 is 0 Å². The number of esters is 2. The fourth-order valence-electron chi connectivity index (χ4n) is 3.43. The lowest BCUT2D eigenvalue weighted by Crippen LogP contribution is -2.35. The topological polar surface area (TPSA) is 61.8 Å². The van der Waals surface area contributed by atoms with Crippen LogP contribution in [0, 0.1) is 0 Å². The van der Waals surface area contributed by atoms with Crippen molar-refractivity contribution >= 4 is 11.9 Å². The number of hydrogen-bond donors (Lipinski definition) is 0. The highest BCUT2D eigenvalue weighted by Gasteiger charge is 2.32. The minimum atomic E-state index is -0.474. The highest BCUT2D eigenvalue weighted by Crippen LogP contribution is 2.29. The molecule has 0 aromatic rings. The van der Waals surface area contributed by atoms with E-state index in [0.29, 0.717) is 12.0 Å². The monoisotopic (exact) mass is 396 g/mol. The van der Waals surface area contributed by atoms with Gasteiger partial charge in [0.05, 0.1) is 6.10 Å². The third kappa shape index (κ3) is 8.76. The van der Waals surface area contributed by atoms with Crippen LogP contribution in [-0.4, -0.2) is 35.9 Å². The molecule has 0 bridgehead atoms. The van der Waals surface area contributed by atoms with E-state index < -0.39 is 11.2 Å². The Balaban J connectivity index is 2.30. The van der Waals surface area contributed by atoms with Gasteiger partial charge in [-0.2, -0.15) is 0 Å². The number of unbranched alkanes of at least 4 members (excludes halogenated alkanes) is 2. The molecule has 162 valence electrons. The highest BCUT2D eigenvalue weighted by molar-refractivity contribution is 5.87. The van der Waals surface area contributed by atoms with Gasteiger partial charge in [-0.25, -0.2) is 4.79 Å². The van der Waals surface area contributed by atoms with Crippen LogP contribution in [0.5, 0.6) is 0 Å². The zero-order chi connectivity index (χ0) is 21.2. The molecule has 1 rings (SSSR count). The summed E-state index contributed by atoms with van der Waals surface area (Å²) in [5.74, 6) is -0.465. The summed E-state index contributed by atoms with van der Waals surface area (Å²) in [6.07, 6.45) is 8.49. The first-order valence-corrected chi connectivity index (χ1v) is 10.9. The lowest BCUT2D eigenvalue weighted by Gasteiger charge is -2.31. The van der Waals surface area contributed by atoms with E-state index >= 15 is 0 Å². The molecule has 0 radical (unpaired) electrons. The molecule has 5 heteroatoms. The lowest BCUT2D eigenvalue weighted by atomic mass is 9.93. The normalized spacial score (nSPS) is 20.8. The molecular formula is C23H40O5. The molecule has 1 saturated heterocycles.